The summed E-state index contributed by atoms with van der Waals surface area (Å²) in [6.45, 7) is -3.91. The number of hydrogen-bond donors (Lipinski definition) is 0. The second kappa shape index (κ2) is 15.5. The van der Waals surface area contributed by atoms with Crippen molar-refractivity contribution >= 4 is 56.7 Å². The molecule has 1 saturated carbocycles. The molecular weight excluding hydrogens is 761 g/mol. The van der Waals surface area contributed by atoms with Crippen molar-refractivity contribution in [1.82, 2.24) is 9.88 Å². The van der Waals surface area contributed by atoms with Crippen LogP contribution in [0.15, 0.2) is 73.2 Å². The molecule has 0 bridgehead atoms. The van der Waals surface area contributed by atoms with E-state index in [2.05, 4.69) is 9.72 Å². The van der Waals surface area contributed by atoms with Gasteiger partial charge in [-0.3, -0.25) is 28.6 Å². The summed E-state index contributed by atoms with van der Waals surface area (Å²) in [4.78, 5) is 45.3. The third-order valence-electron chi connectivity index (χ3n) is 8.41. The largest absolute Gasteiger partial charge is 0.619 e. The maximum Gasteiger partial charge on any atom is 0.387 e. The Kier molecular flexibility index (Phi) is 11.0. The van der Waals surface area contributed by atoms with E-state index in [1.165, 1.54) is 42.6 Å². The lowest BCUT2D eigenvalue weighted by Crippen LogP contribution is -2.36. The van der Waals surface area contributed by atoms with E-state index >= 15 is 0 Å². The van der Waals surface area contributed by atoms with Crippen molar-refractivity contribution in [2.24, 2.45) is 5.92 Å². The number of rotatable bonds is 15. The van der Waals surface area contributed by atoms with E-state index < -0.39 is 47.1 Å². The maximum atomic E-state index is 13.6. The monoisotopic (exact) mass is 790 g/mol. The first-order valence-corrected chi connectivity index (χ1v) is 18.6. The summed E-state index contributed by atoms with van der Waals surface area (Å²) in [5.74, 6) is -2.78. The third-order valence-corrected chi connectivity index (χ3v) is 10.2. The van der Waals surface area contributed by atoms with Gasteiger partial charge in [0.2, 0.25) is 10.0 Å². The number of nitrogens with zero attached hydrogens (tertiary/aromatic N) is 4. The first kappa shape index (κ1) is 37.7. The highest BCUT2D eigenvalue weighted by molar-refractivity contribution is 7.92. The molecule has 2 amide bonds. The zero-order valence-corrected chi connectivity index (χ0v) is 30.1. The van der Waals surface area contributed by atoms with Crippen LogP contribution in [0, 0.1) is 11.1 Å². The van der Waals surface area contributed by atoms with Crippen LogP contribution in [0.4, 0.5) is 14.5 Å². The zero-order chi connectivity index (χ0) is 38.0. The Bertz CT molecular complexity index is 2150. The molecule has 1 atom stereocenters. The molecule has 0 N–H and O–H groups in total. The van der Waals surface area contributed by atoms with Crippen molar-refractivity contribution in [2.45, 2.75) is 38.5 Å². The van der Waals surface area contributed by atoms with Gasteiger partial charge < -0.3 is 19.4 Å². The number of aromatic nitrogens is 2. The summed E-state index contributed by atoms with van der Waals surface area (Å²) in [6.07, 6.45) is 4.94. The van der Waals surface area contributed by atoms with Crippen LogP contribution in [-0.4, -0.2) is 62.1 Å². The van der Waals surface area contributed by atoms with Gasteiger partial charge in [0.05, 0.1) is 41.9 Å². The van der Waals surface area contributed by atoms with Crippen molar-refractivity contribution < 1.29 is 50.5 Å². The first-order valence-electron chi connectivity index (χ1n) is 16.0. The molecule has 53 heavy (non-hydrogen) atoms. The van der Waals surface area contributed by atoms with Crippen LogP contribution in [0.5, 0.6) is 11.5 Å². The predicted octanol–water partition coefficient (Wildman–Crippen LogP) is 5.50. The molecule has 18 heteroatoms. The van der Waals surface area contributed by atoms with Crippen LogP contribution >= 0.6 is 23.2 Å². The summed E-state index contributed by atoms with van der Waals surface area (Å²) < 4.78 is 69.6. The van der Waals surface area contributed by atoms with Crippen LogP contribution in [0.3, 0.4) is 0 Å². The number of ether oxygens (including phenoxy) is 3. The van der Waals surface area contributed by atoms with Gasteiger partial charge in [-0.2, -0.15) is 13.5 Å². The minimum atomic E-state index is -3.87. The summed E-state index contributed by atoms with van der Waals surface area (Å²) in [6, 6.07) is 12.9. The number of amides is 2. The zero-order valence-electron chi connectivity index (χ0n) is 27.8. The van der Waals surface area contributed by atoms with E-state index in [1.54, 1.807) is 18.2 Å². The molecule has 2 aliphatic rings. The van der Waals surface area contributed by atoms with Gasteiger partial charge in [0.1, 0.15) is 22.7 Å². The molecular formula is C35H30Cl2F2N4O9S. The molecule has 0 spiro atoms. The fourth-order valence-corrected chi connectivity index (χ4v) is 7.06. The molecule has 1 aliphatic carbocycles. The number of imide groups is 1. The summed E-state index contributed by atoms with van der Waals surface area (Å²) in [5, 5.41) is 11.8. The van der Waals surface area contributed by atoms with E-state index in [0.29, 0.717) is 15.3 Å². The van der Waals surface area contributed by atoms with Gasteiger partial charge in [0.15, 0.2) is 23.9 Å². The first-order chi connectivity index (χ1) is 25.2. The van der Waals surface area contributed by atoms with Gasteiger partial charge in [0.25, 0.3) is 11.8 Å². The van der Waals surface area contributed by atoms with Gasteiger partial charge >= 0.3 is 12.6 Å². The molecule has 2 aromatic carbocycles. The predicted molar refractivity (Wildman–Crippen MR) is 186 cm³/mol. The van der Waals surface area contributed by atoms with Gasteiger partial charge in [-0.1, -0.05) is 35.3 Å². The number of halogens is 4. The molecule has 4 aromatic rings. The maximum absolute atomic E-state index is 13.6. The minimum absolute atomic E-state index is 0.0410. The average molecular weight is 792 g/mol. The van der Waals surface area contributed by atoms with E-state index in [-0.39, 0.29) is 75.0 Å². The summed E-state index contributed by atoms with van der Waals surface area (Å²) in [5.41, 5.74) is 0.779. The normalized spacial score (nSPS) is 14.6. The molecule has 0 saturated heterocycles. The number of pyridine rings is 2. The van der Waals surface area contributed by atoms with Crippen molar-refractivity contribution in [3.05, 3.63) is 116 Å². The SMILES string of the molecule is CS(=O)(=O)N(Cc1ccccn1)c1ccc2c(c1)C(=O)N(CC(=O)O[C@@H](Cc1c(Cl)c[n+]([O-])cc1Cl)c1ccc(OC(F)F)c(OCC3CC3)c1)C2=O. The van der Waals surface area contributed by atoms with Crippen molar-refractivity contribution in [1.29, 1.82) is 0 Å². The van der Waals surface area contributed by atoms with Crippen molar-refractivity contribution in [3.8, 4) is 11.5 Å². The minimum Gasteiger partial charge on any atom is -0.619 e. The molecule has 1 aliphatic heterocycles. The highest BCUT2D eigenvalue weighted by Crippen LogP contribution is 2.38. The number of alkyl halides is 2. The van der Waals surface area contributed by atoms with E-state index in [0.717, 1.165) is 35.8 Å². The Hall–Kier alpha value is -5.06. The Balaban J connectivity index is 1.26. The second-order valence-electron chi connectivity index (χ2n) is 12.3. The highest BCUT2D eigenvalue weighted by atomic mass is 35.5. The molecule has 6 rings (SSSR count). The lowest BCUT2D eigenvalue weighted by atomic mass is 10.0. The average Bonchev–Trinajstić information content (AvgIpc) is 3.90. The summed E-state index contributed by atoms with van der Waals surface area (Å²) >= 11 is 12.7. The van der Waals surface area contributed by atoms with Crippen molar-refractivity contribution in [2.75, 3.05) is 23.7 Å². The molecule has 1 fully saturated rings. The fourth-order valence-electron chi connectivity index (χ4n) is 5.60. The number of hydrogen-bond acceptors (Lipinski definition) is 10. The van der Waals surface area contributed by atoms with Crippen LogP contribution < -0.4 is 18.5 Å². The number of carbonyl (C=O) groups is 3. The number of benzene rings is 2. The van der Waals surface area contributed by atoms with Crippen molar-refractivity contribution in [3.63, 3.8) is 0 Å². The topological polar surface area (TPSA) is 159 Å². The molecule has 0 unspecified atom stereocenters. The number of esters is 1. The third kappa shape index (κ3) is 8.95. The van der Waals surface area contributed by atoms with E-state index in [9.17, 15) is 36.8 Å². The van der Waals surface area contributed by atoms with Gasteiger partial charge in [0, 0.05) is 18.2 Å². The van der Waals surface area contributed by atoms with Gasteiger partial charge in [-0.15, -0.1) is 0 Å². The van der Waals surface area contributed by atoms with Gasteiger partial charge in [-0.25, -0.2) is 8.42 Å². The Morgan fingerprint density at radius 2 is 1.75 bits per heavy atom. The molecule has 13 nitrogen and oxygen atoms in total. The second-order valence-corrected chi connectivity index (χ2v) is 15.1. The standard InChI is InChI=1S/C35H30Cl2F2N4O9S/c1-53(48,49)43(15-22-4-2-3-11-40-22)23-8-9-24-25(13-23)34(46)42(33(24)45)18-32(44)51-30(14-26-27(36)16-41(47)17-28(26)37)21-7-10-29(52-35(38)39)31(12-21)50-19-20-5-6-20/h2-4,7-13,16-17,20,30,35H,5-6,14-15,18-19H2,1H3/t30-/m0/s1. The highest BCUT2D eigenvalue weighted by Gasteiger charge is 2.39. The summed E-state index contributed by atoms with van der Waals surface area (Å²) in [7, 11) is -3.87. The molecule has 2 aromatic heterocycles. The van der Waals surface area contributed by atoms with Crippen LogP contribution in [0.1, 0.15) is 56.5 Å². The molecule has 3 heterocycles. The fraction of sp³-hybridized carbons (Fsp3) is 0.286. The lowest BCUT2D eigenvalue weighted by Gasteiger charge is -2.22. The van der Waals surface area contributed by atoms with Gasteiger partial charge in [-0.05, 0) is 66.8 Å². The lowest BCUT2D eigenvalue weighted by molar-refractivity contribution is -0.605. The number of fused-ring (bicyclic) bond motifs is 1. The number of sulfonamides is 1. The number of anilines is 1. The van der Waals surface area contributed by atoms with Crippen LogP contribution in [-0.2, 0) is 32.5 Å². The quantitative estimate of drug-likeness (QED) is 0.0652. The Morgan fingerprint density at radius 3 is 2.40 bits per heavy atom. The molecule has 0 radical (unpaired) electrons. The van der Waals surface area contributed by atoms with Crippen LogP contribution in [0.2, 0.25) is 10.0 Å². The van der Waals surface area contributed by atoms with E-state index in [1.807, 2.05) is 0 Å². The Labute approximate surface area is 312 Å². The van der Waals surface area contributed by atoms with E-state index in [4.69, 9.17) is 32.7 Å². The van der Waals surface area contributed by atoms with Crippen LogP contribution in [0.25, 0.3) is 0 Å². The number of carbonyl (C=O) groups excluding carboxylic acids is 3. The molecule has 278 valence electrons. The smallest absolute Gasteiger partial charge is 0.387 e. The Morgan fingerprint density at radius 1 is 1.04 bits per heavy atom.